The van der Waals surface area contributed by atoms with Gasteiger partial charge >= 0.3 is 0 Å². The molecule has 0 saturated heterocycles. The second-order valence-corrected chi connectivity index (χ2v) is 4.53. The van der Waals surface area contributed by atoms with Crippen LogP contribution in [0.4, 0.5) is 0 Å². The zero-order chi connectivity index (χ0) is 10.1. The second-order valence-electron chi connectivity index (χ2n) is 2.43. The summed E-state index contributed by atoms with van der Waals surface area (Å²) in [4.78, 5) is 8.84. The van der Waals surface area contributed by atoms with Crippen molar-refractivity contribution in [3.05, 3.63) is 32.8 Å². The summed E-state index contributed by atoms with van der Waals surface area (Å²) in [5.74, 6) is 0.461. The minimum absolute atomic E-state index is 0.310. The third-order valence-corrected chi connectivity index (χ3v) is 3.21. The topological polar surface area (TPSA) is 25.8 Å². The number of aromatic nitrogens is 2. The van der Waals surface area contributed by atoms with Crippen molar-refractivity contribution in [1.82, 2.24) is 9.97 Å². The van der Waals surface area contributed by atoms with Crippen LogP contribution in [0.15, 0.2) is 17.5 Å². The summed E-state index contributed by atoms with van der Waals surface area (Å²) in [6.07, 6.45) is 0. The van der Waals surface area contributed by atoms with Gasteiger partial charge in [-0.25, -0.2) is 9.97 Å². The number of thiophene rings is 1. The van der Waals surface area contributed by atoms with Gasteiger partial charge in [0.05, 0.1) is 9.90 Å². The summed E-state index contributed by atoms with van der Waals surface area (Å²) in [7, 11) is 0. The SMILES string of the molecule is Clc1cc(Cl)nc(-c2sccc2Cl)n1. The van der Waals surface area contributed by atoms with E-state index >= 15 is 0 Å². The van der Waals surface area contributed by atoms with Gasteiger partial charge in [-0.05, 0) is 11.4 Å². The number of nitrogens with zero attached hydrogens (tertiary/aromatic N) is 2. The first-order chi connectivity index (χ1) is 6.66. The summed E-state index contributed by atoms with van der Waals surface area (Å²) in [6.45, 7) is 0. The Kier molecular flexibility index (Phi) is 2.93. The van der Waals surface area contributed by atoms with Gasteiger partial charge in [-0.1, -0.05) is 34.8 Å². The predicted octanol–water partition coefficient (Wildman–Crippen LogP) is 4.17. The molecule has 0 aliphatic heterocycles. The van der Waals surface area contributed by atoms with Gasteiger partial charge < -0.3 is 0 Å². The van der Waals surface area contributed by atoms with Crippen LogP contribution in [0.1, 0.15) is 0 Å². The van der Waals surface area contributed by atoms with Crippen molar-refractivity contribution >= 4 is 46.1 Å². The van der Waals surface area contributed by atoms with Crippen LogP contribution in [-0.2, 0) is 0 Å². The Balaban J connectivity index is 2.57. The Bertz CT molecular complexity index is 449. The minimum Gasteiger partial charge on any atom is -0.215 e. The lowest BCUT2D eigenvalue weighted by molar-refractivity contribution is 1.19. The number of hydrogen-bond donors (Lipinski definition) is 0. The smallest absolute Gasteiger partial charge is 0.173 e. The van der Waals surface area contributed by atoms with Crippen molar-refractivity contribution in [3.8, 4) is 10.7 Å². The van der Waals surface area contributed by atoms with Crippen LogP contribution < -0.4 is 0 Å². The fourth-order valence-electron chi connectivity index (χ4n) is 0.945. The monoisotopic (exact) mass is 264 g/mol. The Labute approximate surface area is 99.5 Å². The van der Waals surface area contributed by atoms with E-state index in [-0.39, 0.29) is 0 Å². The normalized spacial score (nSPS) is 10.5. The maximum absolute atomic E-state index is 5.92. The highest BCUT2D eigenvalue weighted by Crippen LogP contribution is 2.31. The first-order valence-corrected chi connectivity index (χ1v) is 5.61. The highest BCUT2D eigenvalue weighted by molar-refractivity contribution is 7.14. The van der Waals surface area contributed by atoms with Crippen molar-refractivity contribution in [2.75, 3.05) is 0 Å². The molecule has 0 fully saturated rings. The van der Waals surface area contributed by atoms with Crippen molar-refractivity contribution in [1.29, 1.82) is 0 Å². The fraction of sp³-hybridized carbons (Fsp3) is 0. The lowest BCUT2D eigenvalue weighted by Gasteiger charge is -1.98. The summed E-state index contributed by atoms with van der Waals surface area (Å²) < 4.78 is 0. The van der Waals surface area contributed by atoms with E-state index < -0.39 is 0 Å². The maximum atomic E-state index is 5.92. The molecule has 2 heterocycles. The van der Waals surface area contributed by atoms with Crippen molar-refractivity contribution in [2.24, 2.45) is 0 Å². The summed E-state index contributed by atoms with van der Waals surface area (Å²) in [6, 6.07) is 3.26. The fourth-order valence-corrected chi connectivity index (χ4v) is 2.44. The molecule has 0 spiro atoms. The Morgan fingerprint density at radius 2 is 1.71 bits per heavy atom. The van der Waals surface area contributed by atoms with E-state index in [2.05, 4.69) is 9.97 Å². The van der Waals surface area contributed by atoms with Crippen LogP contribution in [0.3, 0.4) is 0 Å². The average Bonchev–Trinajstić information content (AvgIpc) is 2.49. The Hall–Kier alpha value is -0.350. The number of halogens is 3. The quantitative estimate of drug-likeness (QED) is 0.723. The van der Waals surface area contributed by atoms with Crippen LogP contribution in [0.2, 0.25) is 15.3 Å². The van der Waals surface area contributed by atoms with E-state index in [0.29, 0.717) is 21.2 Å². The van der Waals surface area contributed by atoms with Gasteiger partial charge in [0, 0.05) is 6.07 Å². The summed E-state index contributed by atoms with van der Waals surface area (Å²) in [5.41, 5.74) is 0. The van der Waals surface area contributed by atoms with Gasteiger partial charge in [-0.3, -0.25) is 0 Å². The van der Waals surface area contributed by atoms with E-state index in [1.165, 1.54) is 17.4 Å². The molecule has 0 N–H and O–H groups in total. The number of rotatable bonds is 1. The van der Waals surface area contributed by atoms with Crippen molar-refractivity contribution in [2.45, 2.75) is 0 Å². The first-order valence-electron chi connectivity index (χ1n) is 3.60. The molecule has 0 radical (unpaired) electrons. The minimum atomic E-state index is 0.310. The molecule has 0 unspecified atom stereocenters. The molecule has 2 aromatic rings. The molecular weight excluding hydrogens is 263 g/mol. The molecule has 0 bridgehead atoms. The van der Waals surface area contributed by atoms with Crippen LogP contribution in [0.25, 0.3) is 10.7 Å². The first kappa shape index (κ1) is 10.2. The molecule has 0 aliphatic rings. The van der Waals surface area contributed by atoms with E-state index in [9.17, 15) is 0 Å². The second kappa shape index (κ2) is 4.03. The van der Waals surface area contributed by atoms with E-state index in [4.69, 9.17) is 34.8 Å². The largest absolute Gasteiger partial charge is 0.215 e. The molecular formula is C8H3Cl3N2S. The van der Waals surface area contributed by atoms with Gasteiger partial charge in [0.2, 0.25) is 0 Å². The Morgan fingerprint density at radius 3 is 2.21 bits per heavy atom. The molecule has 14 heavy (non-hydrogen) atoms. The zero-order valence-corrected chi connectivity index (χ0v) is 9.75. The third kappa shape index (κ3) is 2.01. The molecule has 2 rings (SSSR count). The van der Waals surface area contributed by atoms with Crippen molar-refractivity contribution in [3.63, 3.8) is 0 Å². The van der Waals surface area contributed by atoms with Crippen LogP contribution >= 0.6 is 46.1 Å². The third-order valence-electron chi connectivity index (χ3n) is 1.48. The molecule has 0 amide bonds. The van der Waals surface area contributed by atoms with E-state index in [0.717, 1.165) is 4.88 Å². The average molecular weight is 266 g/mol. The van der Waals surface area contributed by atoms with Crippen molar-refractivity contribution < 1.29 is 0 Å². The predicted molar refractivity (Wildman–Crippen MR) is 60.4 cm³/mol. The molecule has 2 nitrogen and oxygen atoms in total. The van der Waals surface area contributed by atoms with Crippen LogP contribution in [0, 0.1) is 0 Å². The van der Waals surface area contributed by atoms with E-state index in [1.807, 2.05) is 5.38 Å². The highest BCUT2D eigenvalue weighted by Gasteiger charge is 2.09. The molecule has 0 aromatic carbocycles. The van der Waals surface area contributed by atoms with Gasteiger partial charge in [0.25, 0.3) is 0 Å². The van der Waals surface area contributed by atoms with Gasteiger partial charge in [-0.2, -0.15) is 0 Å². The zero-order valence-electron chi connectivity index (χ0n) is 6.67. The molecule has 0 saturated carbocycles. The van der Waals surface area contributed by atoms with Gasteiger partial charge in [0.15, 0.2) is 5.82 Å². The Morgan fingerprint density at radius 1 is 1.07 bits per heavy atom. The highest BCUT2D eigenvalue weighted by atomic mass is 35.5. The summed E-state index contributed by atoms with van der Waals surface area (Å²) >= 11 is 18.9. The number of hydrogen-bond acceptors (Lipinski definition) is 3. The van der Waals surface area contributed by atoms with Gasteiger partial charge in [0.1, 0.15) is 10.3 Å². The van der Waals surface area contributed by atoms with Gasteiger partial charge in [-0.15, -0.1) is 11.3 Å². The lowest BCUT2D eigenvalue weighted by atomic mass is 10.4. The van der Waals surface area contributed by atoms with Crippen LogP contribution in [-0.4, -0.2) is 9.97 Å². The molecule has 0 aliphatic carbocycles. The standard InChI is InChI=1S/C8H3Cl3N2S/c9-4-1-2-14-7(4)8-12-5(10)3-6(11)13-8/h1-3H. The molecule has 72 valence electrons. The summed E-state index contributed by atoms with van der Waals surface area (Å²) in [5, 5.41) is 3.08. The molecule has 2 aromatic heterocycles. The molecule has 0 atom stereocenters. The molecule has 6 heteroatoms. The van der Waals surface area contributed by atoms with Crippen LogP contribution in [0.5, 0.6) is 0 Å². The van der Waals surface area contributed by atoms with E-state index in [1.54, 1.807) is 6.07 Å². The maximum Gasteiger partial charge on any atom is 0.173 e. The lowest BCUT2D eigenvalue weighted by Crippen LogP contribution is -1.87.